The summed E-state index contributed by atoms with van der Waals surface area (Å²) >= 11 is 0. The third-order valence-corrected chi connectivity index (χ3v) is 5.01. The van der Waals surface area contributed by atoms with Crippen molar-refractivity contribution in [3.8, 4) is 0 Å². The van der Waals surface area contributed by atoms with Gasteiger partial charge in [0.25, 0.3) is 0 Å². The van der Waals surface area contributed by atoms with Crippen LogP contribution in [-0.2, 0) is 10.0 Å². The Kier molecular flexibility index (Phi) is 3.56. The summed E-state index contributed by atoms with van der Waals surface area (Å²) in [5, 5.41) is 3.04. The van der Waals surface area contributed by atoms with E-state index in [-0.39, 0.29) is 10.9 Å². The number of sulfonamides is 1. The Morgan fingerprint density at radius 3 is 2.57 bits per heavy atom. The number of aromatic nitrogens is 2. The quantitative estimate of drug-likeness (QED) is 0.915. The minimum absolute atomic E-state index is 0.0306. The fraction of sp³-hybridized carbons (Fsp3) is 0.231. The van der Waals surface area contributed by atoms with Gasteiger partial charge in [0.15, 0.2) is 0 Å². The largest absolute Gasteiger partial charge is 0.349 e. The smallest absolute Gasteiger partial charge is 0.243 e. The molecule has 0 spiro atoms. The summed E-state index contributed by atoms with van der Waals surface area (Å²) < 4.78 is 39.0. The van der Waals surface area contributed by atoms with Crippen LogP contribution in [0.4, 0.5) is 10.3 Å². The van der Waals surface area contributed by atoms with E-state index in [4.69, 9.17) is 0 Å². The fourth-order valence-electron chi connectivity index (χ4n) is 2.06. The molecule has 3 rings (SSSR count). The lowest BCUT2D eigenvalue weighted by atomic mass is 10.2. The second kappa shape index (κ2) is 5.38. The fourth-order valence-corrected chi connectivity index (χ4v) is 3.62. The SMILES string of the molecule is O=S(=O)(c1cccc(F)c1)N1CC(Nc2ncccn2)C1. The maximum Gasteiger partial charge on any atom is 0.243 e. The lowest BCUT2D eigenvalue weighted by Crippen LogP contribution is -2.56. The zero-order chi connectivity index (χ0) is 14.9. The van der Waals surface area contributed by atoms with Crippen LogP contribution in [0.15, 0.2) is 47.6 Å². The minimum atomic E-state index is -3.64. The van der Waals surface area contributed by atoms with Crippen LogP contribution in [0.3, 0.4) is 0 Å². The maximum atomic E-state index is 13.1. The first-order valence-corrected chi connectivity index (χ1v) is 7.79. The summed E-state index contributed by atoms with van der Waals surface area (Å²) in [7, 11) is -3.64. The summed E-state index contributed by atoms with van der Waals surface area (Å²) in [4.78, 5) is 8.00. The van der Waals surface area contributed by atoms with Crippen molar-refractivity contribution in [1.82, 2.24) is 14.3 Å². The van der Waals surface area contributed by atoms with E-state index >= 15 is 0 Å². The molecule has 1 aromatic carbocycles. The van der Waals surface area contributed by atoms with E-state index in [0.717, 1.165) is 6.07 Å². The van der Waals surface area contributed by atoms with E-state index in [9.17, 15) is 12.8 Å². The van der Waals surface area contributed by atoms with Gasteiger partial charge in [0.1, 0.15) is 5.82 Å². The van der Waals surface area contributed by atoms with Crippen molar-refractivity contribution in [2.75, 3.05) is 18.4 Å². The van der Waals surface area contributed by atoms with Crippen molar-refractivity contribution in [3.05, 3.63) is 48.5 Å². The van der Waals surface area contributed by atoms with E-state index in [1.165, 1.54) is 22.5 Å². The molecule has 110 valence electrons. The van der Waals surface area contributed by atoms with Gasteiger partial charge in [0.2, 0.25) is 16.0 Å². The minimum Gasteiger partial charge on any atom is -0.349 e. The number of rotatable bonds is 4. The van der Waals surface area contributed by atoms with Crippen molar-refractivity contribution in [2.45, 2.75) is 10.9 Å². The van der Waals surface area contributed by atoms with Crippen molar-refractivity contribution in [3.63, 3.8) is 0 Å². The van der Waals surface area contributed by atoms with E-state index in [1.807, 2.05) is 0 Å². The van der Waals surface area contributed by atoms with Gasteiger partial charge in [-0.3, -0.25) is 0 Å². The van der Waals surface area contributed by atoms with Crippen LogP contribution in [0.1, 0.15) is 0 Å². The highest BCUT2D eigenvalue weighted by molar-refractivity contribution is 7.89. The zero-order valence-corrected chi connectivity index (χ0v) is 11.8. The van der Waals surface area contributed by atoms with Crippen molar-refractivity contribution in [2.24, 2.45) is 0 Å². The number of hydrogen-bond acceptors (Lipinski definition) is 5. The Bertz CT molecular complexity index is 733. The number of hydrogen-bond donors (Lipinski definition) is 1. The van der Waals surface area contributed by atoms with Gasteiger partial charge in [-0.25, -0.2) is 22.8 Å². The molecule has 1 saturated heterocycles. The topological polar surface area (TPSA) is 75.2 Å². The highest BCUT2D eigenvalue weighted by Crippen LogP contribution is 2.23. The van der Waals surface area contributed by atoms with Crippen LogP contribution in [0.25, 0.3) is 0 Å². The molecule has 0 unspecified atom stereocenters. The van der Waals surface area contributed by atoms with E-state index in [1.54, 1.807) is 18.5 Å². The van der Waals surface area contributed by atoms with E-state index in [0.29, 0.717) is 19.0 Å². The van der Waals surface area contributed by atoms with Crippen LogP contribution in [0, 0.1) is 5.82 Å². The molecule has 0 saturated carbocycles. The number of benzene rings is 1. The molecule has 2 aromatic rings. The lowest BCUT2D eigenvalue weighted by Gasteiger charge is -2.38. The number of halogens is 1. The second-order valence-corrected chi connectivity index (χ2v) is 6.63. The first-order valence-electron chi connectivity index (χ1n) is 6.35. The molecule has 0 atom stereocenters. The molecule has 0 bridgehead atoms. The first kappa shape index (κ1) is 13.9. The average Bonchev–Trinajstić information content (AvgIpc) is 2.43. The van der Waals surface area contributed by atoms with Gasteiger partial charge in [-0.1, -0.05) is 6.07 Å². The van der Waals surface area contributed by atoms with E-state index in [2.05, 4.69) is 15.3 Å². The monoisotopic (exact) mass is 308 g/mol. The number of nitrogens with one attached hydrogen (secondary N) is 1. The van der Waals surface area contributed by atoms with Gasteiger partial charge in [0, 0.05) is 25.5 Å². The Hall–Kier alpha value is -2.06. The molecule has 1 aromatic heterocycles. The number of nitrogens with zero attached hydrogens (tertiary/aromatic N) is 3. The first-order chi connectivity index (χ1) is 10.1. The zero-order valence-electron chi connectivity index (χ0n) is 11.0. The molecule has 2 heterocycles. The molecule has 1 fully saturated rings. The average molecular weight is 308 g/mol. The lowest BCUT2D eigenvalue weighted by molar-refractivity contribution is 0.280. The summed E-state index contributed by atoms with van der Waals surface area (Å²) in [5.74, 6) is -0.103. The predicted molar refractivity (Wildman–Crippen MR) is 74.6 cm³/mol. The molecule has 1 aliphatic rings. The third kappa shape index (κ3) is 2.86. The normalized spacial score (nSPS) is 16.4. The van der Waals surface area contributed by atoms with Gasteiger partial charge in [-0.15, -0.1) is 0 Å². The molecular formula is C13H13FN4O2S. The van der Waals surface area contributed by atoms with Crippen LogP contribution in [0.2, 0.25) is 0 Å². The van der Waals surface area contributed by atoms with E-state index < -0.39 is 15.8 Å². The van der Waals surface area contributed by atoms with Gasteiger partial charge in [-0.2, -0.15) is 4.31 Å². The molecule has 0 radical (unpaired) electrons. The highest BCUT2D eigenvalue weighted by atomic mass is 32.2. The Labute approximate surface area is 121 Å². The summed E-state index contributed by atoms with van der Waals surface area (Å²) in [5.41, 5.74) is 0. The number of anilines is 1. The van der Waals surface area contributed by atoms with Crippen LogP contribution in [-0.4, -0.2) is 41.8 Å². The van der Waals surface area contributed by atoms with Gasteiger partial charge < -0.3 is 5.32 Å². The molecule has 6 nitrogen and oxygen atoms in total. The molecule has 0 aliphatic carbocycles. The van der Waals surface area contributed by atoms with Crippen molar-refractivity contribution in [1.29, 1.82) is 0 Å². The summed E-state index contributed by atoms with van der Waals surface area (Å²) in [6.45, 7) is 0.605. The van der Waals surface area contributed by atoms with Crippen LogP contribution in [0.5, 0.6) is 0 Å². The Morgan fingerprint density at radius 2 is 1.90 bits per heavy atom. The van der Waals surface area contributed by atoms with Crippen molar-refractivity contribution < 1.29 is 12.8 Å². The van der Waals surface area contributed by atoms with Gasteiger partial charge in [0.05, 0.1) is 10.9 Å². The third-order valence-electron chi connectivity index (χ3n) is 3.18. The molecule has 0 amide bonds. The Balaban J connectivity index is 1.65. The summed E-state index contributed by atoms with van der Waals surface area (Å²) in [6, 6.07) is 6.67. The second-order valence-electron chi connectivity index (χ2n) is 4.69. The highest BCUT2D eigenvalue weighted by Gasteiger charge is 2.37. The predicted octanol–water partition coefficient (Wildman–Crippen LogP) is 1.10. The Morgan fingerprint density at radius 1 is 1.19 bits per heavy atom. The van der Waals surface area contributed by atoms with Gasteiger partial charge in [-0.05, 0) is 24.3 Å². The molecule has 21 heavy (non-hydrogen) atoms. The van der Waals surface area contributed by atoms with Crippen molar-refractivity contribution >= 4 is 16.0 Å². The molecule has 1 N–H and O–H groups in total. The maximum absolute atomic E-state index is 13.1. The molecule has 1 aliphatic heterocycles. The molecular weight excluding hydrogens is 295 g/mol. The standard InChI is InChI=1S/C13H13FN4O2S/c14-10-3-1-4-12(7-10)21(19,20)18-8-11(9-18)17-13-15-5-2-6-16-13/h1-7,11H,8-9H2,(H,15,16,17). The molecule has 8 heteroatoms. The van der Waals surface area contributed by atoms with Crippen LogP contribution >= 0.6 is 0 Å². The van der Waals surface area contributed by atoms with Gasteiger partial charge >= 0.3 is 0 Å². The van der Waals surface area contributed by atoms with Crippen LogP contribution < -0.4 is 5.32 Å². The summed E-state index contributed by atoms with van der Waals surface area (Å²) in [6.07, 6.45) is 3.21.